The highest BCUT2D eigenvalue weighted by Crippen LogP contribution is 2.27. The second-order valence-corrected chi connectivity index (χ2v) is 11.0. The van der Waals surface area contributed by atoms with Crippen molar-refractivity contribution in [1.29, 1.82) is 0 Å². The van der Waals surface area contributed by atoms with Gasteiger partial charge in [-0.05, 0) is 57.2 Å². The van der Waals surface area contributed by atoms with E-state index in [0.29, 0.717) is 21.8 Å². The minimum Gasteiger partial charge on any atom is -0.491 e. The zero-order valence-corrected chi connectivity index (χ0v) is 22.1. The van der Waals surface area contributed by atoms with E-state index in [9.17, 15) is 18.0 Å². The summed E-state index contributed by atoms with van der Waals surface area (Å²) in [5.74, 6) is 0.0223. The van der Waals surface area contributed by atoms with Crippen LogP contribution in [0.2, 0.25) is 0 Å². The van der Waals surface area contributed by atoms with Gasteiger partial charge in [-0.3, -0.25) is 13.8 Å². The van der Waals surface area contributed by atoms with Gasteiger partial charge in [-0.2, -0.15) is 18.2 Å². The predicted octanol–water partition coefficient (Wildman–Crippen LogP) is 3.26. The molecule has 0 saturated carbocycles. The molecule has 194 valence electrons. The number of nitrogens with two attached hydrogens (primary N) is 1. The Morgan fingerprint density at radius 3 is 2.43 bits per heavy atom. The number of nitrogen functional groups attached to an aromatic ring is 1. The van der Waals surface area contributed by atoms with Crippen molar-refractivity contribution in [3.63, 3.8) is 0 Å². The molecule has 10 nitrogen and oxygen atoms in total. The number of carbonyl (C=O) groups excluding carboxylic acids is 1. The molecule has 12 heteroatoms. The summed E-state index contributed by atoms with van der Waals surface area (Å²) in [4.78, 5) is 25.9. The zero-order valence-electron chi connectivity index (χ0n) is 20.4. The monoisotopic (exact) mass is 542 g/mol. The van der Waals surface area contributed by atoms with Crippen LogP contribution in [0, 0.1) is 6.92 Å². The van der Waals surface area contributed by atoms with Gasteiger partial charge >= 0.3 is 0 Å². The Labute approximate surface area is 217 Å². The molecule has 0 spiro atoms. The standard InChI is InChI=1S/C25H26N4O6S2/c1-15(2)27-24(30)22-20-14-36-23(26)21(20)25(31)29(28-22)17-6-8-18(9-7-17)34-12-13-35-37(32,33)19-10-4-16(3)5-11-19/h4-11,14-15H,12-13,26H2,1-3H3,(H,27,30). The molecular weight excluding hydrogens is 516 g/mol. The summed E-state index contributed by atoms with van der Waals surface area (Å²) in [6.45, 7) is 5.33. The van der Waals surface area contributed by atoms with Crippen LogP contribution in [0.4, 0.5) is 5.00 Å². The average molecular weight is 543 g/mol. The summed E-state index contributed by atoms with van der Waals surface area (Å²) < 4.78 is 36.3. The van der Waals surface area contributed by atoms with Crippen molar-refractivity contribution in [3.05, 3.63) is 75.5 Å². The van der Waals surface area contributed by atoms with Gasteiger partial charge in [-0.15, -0.1) is 11.3 Å². The second-order valence-electron chi connectivity index (χ2n) is 8.51. The minimum absolute atomic E-state index is 0.0143. The normalized spacial score (nSPS) is 11.7. The van der Waals surface area contributed by atoms with Crippen LogP contribution >= 0.6 is 11.3 Å². The highest BCUT2D eigenvalue weighted by Gasteiger charge is 2.21. The number of thiophene rings is 1. The van der Waals surface area contributed by atoms with Crippen LogP contribution in [0.25, 0.3) is 16.5 Å². The number of carbonyl (C=O) groups is 1. The molecule has 1 amide bonds. The lowest BCUT2D eigenvalue weighted by Gasteiger charge is -2.12. The maximum Gasteiger partial charge on any atom is 0.297 e. The molecular formula is C25H26N4O6S2. The van der Waals surface area contributed by atoms with E-state index in [-0.39, 0.29) is 35.2 Å². The highest BCUT2D eigenvalue weighted by atomic mass is 32.2. The summed E-state index contributed by atoms with van der Waals surface area (Å²) in [5.41, 5.74) is 7.03. The van der Waals surface area contributed by atoms with Gasteiger partial charge in [0.25, 0.3) is 21.6 Å². The van der Waals surface area contributed by atoms with Crippen LogP contribution in [0.1, 0.15) is 29.9 Å². The molecule has 0 aliphatic heterocycles. The summed E-state index contributed by atoms with van der Waals surface area (Å²) in [7, 11) is -3.88. The highest BCUT2D eigenvalue weighted by molar-refractivity contribution is 7.86. The van der Waals surface area contributed by atoms with E-state index in [1.807, 2.05) is 20.8 Å². The van der Waals surface area contributed by atoms with E-state index in [4.69, 9.17) is 14.7 Å². The van der Waals surface area contributed by atoms with Gasteiger partial charge in [0, 0.05) is 16.8 Å². The topological polar surface area (TPSA) is 143 Å². The number of hydrogen-bond donors (Lipinski definition) is 2. The fourth-order valence-electron chi connectivity index (χ4n) is 3.51. The van der Waals surface area contributed by atoms with Gasteiger partial charge in [0.1, 0.15) is 19.0 Å². The van der Waals surface area contributed by atoms with Crippen molar-refractivity contribution in [2.45, 2.75) is 31.7 Å². The molecule has 37 heavy (non-hydrogen) atoms. The smallest absolute Gasteiger partial charge is 0.297 e. The van der Waals surface area contributed by atoms with Crippen LogP contribution in [0.15, 0.2) is 63.6 Å². The fourth-order valence-corrected chi connectivity index (χ4v) is 5.19. The number of hydrogen-bond acceptors (Lipinski definition) is 9. The van der Waals surface area contributed by atoms with Crippen molar-refractivity contribution < 1.29 is 22.1 Å². The molecule has 0 atom stereocenters. The number of aryl methyl sites for hydroxylation is 1. The largest absolute Gasteiger partial charge is 0.491 e. The SMILES string of the molecule is Cc1ccc(S(=O)(=O)OCCOc2ccc(-n3nc(C(=O)NC(C)C)c4csc(N)c4c3=O)cc2)cc1. The first-order chi connectivity index (χ1) is 17.6. The number of benzene rings is 2. The van der Waals surface area contributed by atoms with E-state index in [2.05, 4.69) is 10.4 Å². The van der Waals surface area contributed by atoms with E-state index in [0.717, 1.165) is 10.2 Å². The number of aromatic nitrogens is 2. The summed E-state index contributed by atoms with van der Waals surface area (Å²) in [5, 5.41) is 9.70. The number of nitrogens with zero attached hydrogens (tertiary/aromatic N) is 2. The van der Waals surface area contributed by atoms with Gasteiger partial charge in [-0.25, -0.2) is 0 Å². The Kier molecular flexibility index (Phi) is 7.62. The van der Waals surface area contributed by atoms with E-state index in [1.165, 1.54) is 23.5 Å². The Hall–Kier alpha value is -3.74. The Balaban J connectivity index is 1.49. The Bertz CT molecular complexity index is 1590. The third kappa shape index (κ3) is 5.82. The lowest BCUT2D eigenvalue weighted by Crippen LogP contribution is -2.33. The molecule has 0 bridgehead atoms. The average Bonchev–Trinajstić information content (AvgIpc) is 3.24. The summed E-state index contributed by atoms with van der Waals surface area (Å²) in [6.07, 6.45) is 0. The van der Waals surface area contributed by atoms with Gasteiger partial charge < -0.3 is 15.8 Å². The first-order valence-corrected chi connectivity index (χ1v) is 13.7. The molecule has 4 aromatic rings. The third-order valence-corrected chi connectivity index (χ3v) is 7.44. The predicted molar refractivity (Wildman–Crippen MR) is 142 cm³/mol. The lowest BCUT2D eigenvalue weighted by molar-refractivity contribution is 0.0938. The summed E-state index contributed by atoms with van der Waals surface area (Å²) in [6, 6.07) is 12.7. The molecule has 0 unspecified atom stereocenters. The first kappa shape index (κ1) is 26.3. The molecule has 0 fully saturated rings. The Morgan fingerprint density at radius 1 is 1.11 bits per heavy atom. The van der Waals surface area contributed by atoms with Crippen molar-refractivity contribution >= 4 is 43.1 Å². The second kappa shape index (κ2) is 10.7. The molecule has 4 rings (SSSR count). The number of anilines is 1. The number of fused-ring (bicyclic) bond motifs is 1. The number of amides is 1. The van der Waals surface area contributed by atoms with Crippen LogP contribution < -0.4 is 21.3 Å². The van der Waals surface area contributed by atoms with Crippen LogP contribution in [0.5, 0.6) is 5.75 Å². The third-order valence-electron chi connectivity index (χ3n) is 5.30. The molecule has 0 radical (unpaired) electrons. The van der Waals surface area contributed by atoms with Gasteiger partial charge in [0.2, 0.25) is 0 Å². The van der Waals surface area contributed by atoms with Crippen molar-refractivity contribution in [2.75, 3.05) is 18.9 Å². The molecule has 0 saturated heterocycles. The summed E-state index contributed by atoms with van der Waals surface area (Å²) >= 11 is 1.17. The minimum atomic E-state index is -3.88. The molecule has 3 N–H and O–H groups in total. The van der Waals surface area contributed by atoms with Gasteiger partial charge in [0.05, 0.1) is 21.0 Å². The number of nitrogens with one attached hydrogen (secondary N) is 1. The molecule has 2 heterocycles. The maximum absolute atomic E-state index is 13.1. The van der Waals surface area contributed by atoms with Crippen LogP contribution in [0.3, 0.4) is 0 Å². The number of rotatable bonds is 9. The fraction of sp³-hybridized carbons (Fsp3) is 0.240. The lowest BCUT2D eigenvalue weighted by atomic mass is 10.2. The zero-order chi connectivity index (χ0) is 26.7. The molecule has 0 aliphatic carbocycles. The van der Waals surface area contributed by atoms with Crippen LogP contribution in [-0.4, -0.2) is 43.4 Å². The Morgan fingerprint density at radius 2 is 1.78 bits per heavy atom. The van der Waals surface area contributed by atoms with E-state index >= 15 is 0 Å². The van der Waals surface area contributed by atoms with Gasteiger partial charge in [-0.1, -0.05) is 17.7 Å². The van der Waals surface area contributed by atoms with Crippen molar-refractivity contribution in [2.24, 2.45) is 0 Å². The quantitative estimate of drug-likeness (QED) is 0.242. The van der Waals surface area contributed by atoms with Crippen molar-refractivity contribution in [3.8, 4) is 11.4 Å². The van der Waals surface area contributed by atoms with Crippen LogP contribution in [-0.2, 0) is 14.3 Å². The molecule has 2 aromatic heterocycles. The molecule has 0 aliphatic rings. The number of ether oxygens (including phenoxy) is 1. The first-order valence-electron chi connectivity index (χ1n) is 11.4. The van der Waals surface area contributed by atoms with E-state index < -0.39 is 21.6 Å². The molecule has 2 aromatic carbocycles. The van der Waals surface area contributed by atoms with Gasteiger partial charge in [0.15, 0.2) is 5.69 Å². The van der Waals surface area contributed by atoms with E-state index in [1.54, 1.807) is 41.8 Å². The van der Waals surface area contributed by atoms with Crippen molar-refractivity contribution in [1.82, 2.24) is 15.1 Å². The maximum atomic E-state index is 13.1.